The van der Waals surface area contributed by atoms with Crippen molar-refractivity contribution in [2.24, 2.45) is 0 Å². The molecule has 28 heavy (non-hydrogen) atoms. The van der Waals surface area contributed by atoms with E-state index in [0.717, 1.165) is 72.6 Å². The molecule has 4 aromatic rings. The molecule has 0 saturated carbocycles. The molecule has 5 rings (SSSR count). The quantitative estimate of drug-likeness (QED) is 0.575. The largest absolute Gasteiger partial charge is 0.381 e. The first-order valence-corrected chi connectivity index (χ1v) is 9.96. The zero-order valence-electron chi connectivity index (χ0n) is 16.0. The molecule has 4 heterocycles. The number of rotatable bonds is 5. The van der Waals surface area contributed by atoms with Crippen LogP contribution in [0.1, 0.15) is 26.2 Å². The Kier molecular flexibility index (Phi) is 4.44. The number of H-pyrrole nitrogens is 1. The smallest absolute Gasteiger partial charge is 0.154 e. The van der Waals surface area contributed by atoms with Gasteiger partial charge in [0.05, 0.1) is 23.6 Å². The molecule has 0 spiro atoms. The molecule has 3 aromatic heterocycles. The first-order chi connectivity index (χ1) is 13.8. The van der Waals surface area contributed by atoms with E-state index in [9.17, 15) is 0 Å². The number of hydrogen-bond donors (Lipinski definition) is 1. The lowest BCUT2D eigenvalue weighted by molar-refractivity contribution is 0.0842. The molecule has 0 bridgehead atoms. The van der Waals surface area contributed by atoms with Crippen molar-refractivity contribution in [2.75, 3.05) is 24.7 Å². The van der Waals surface area contributed by atoms with Gasteiger partial charge in [-0.05, 0) is 37.5 Å². The zero-order valence-corrected chi connectivity index (χ0v) is 16.0. The van der Waals surface area contributed by atoms with Gasteiger partial charge in [-0.2, -0.15) is 5.10 Å². The maximum atomic E-state index is 5.56. The third-order valence-corrected chi connectivity index (χ3v) is 5.48. The minimum atomic E-state index is 0.479. The average molecular weight is 376 g/mol. The minimum absolute atomic E-state index is 0.479. The second-order valence-electron chi connectivity index (χ2n) is 7.31. The Morgan fingerprint density at radius 2 is 2.07 bits per heavy atom. The lowest BCUT2D eigenvalue weighted by Gasteiger charge is -2.35. The van der Waals surface area contributed by atoms with Gasteiger partial charge in [0.25, 0.3) is 0 Å². The maximum absolute atomic E-state index is 5.56. The highest BCUT2D eigenvalue weighted by Gasteiger charge is 2.23. The van der Waals surface area contributed by atoms with Gasteiger partial charge in [-0.25, -0.2) is 9.50 Å². The molecule has 0 amide bonds. The van der Waals surface area contributed by atoms with Crippen LogP contribution in [-0.2, 0) is 4.74 Å². The number of fused-ring (bicyclic) bond motifs is 2. The predicted molar refractivity (Wildman–Crippen MR) is 110 cm³/mol. The fourth-order valence-corrected chi connectivity index (χ4v) is 4.03. The van der Waals surface area contributed by atoms with Crippen molar-refractivity contribution in [3.05, 3.63) is 42.7 Å². The second kappa shape index (κ2) is 7.24. The van der Waals surface area contributed by atoms with Gasteiger partial charge in [-0.1, -0.05) is 19.1 Å². The fraction of sp³-hybridized carbons (Fsp3) is 0.381. The zero-order chi connectivity index (χ0) is 18.9. The first kappa shape index (κ1) is 17.2. The van der Waals surface area contributed by atoms with Crippen LogP contribution in [0, 0.1) is 0 Å². The monoisotopic (exact) mass is 376 g/mol. The number of imidazole rings is 1. The summed E-state index contributed by atoms with van der Waals surface area (Å²) in [5.74, 6) is 1.00. The van der Waals surface area contributed by atoms with Crippen LogP contribution in [0.3, 0.4) is 0 Å². The third-order valence-electron chi connectivity index (χ3n) is 5.48. The molecule has 1 fully saturated rings. The summed E-state index contributed by atoms with van der Waals surface area (Å²) < 4.78 is 7.51. The second-order valence-corrected chi connectivity index (χ2v) is 7.31. The Morgan fingerprint density at radius 1 is 1.18 bits per heavy atom. The van der Waals surface area contributed by atoms with Crippen LogP contribution in [0.4, 0.5) is 5.82 Å². The summed E-state index contributed by atoms with van der Waals surface area (Å²) in [4.78, 5) is 6.99. The molecule has 0 atom stereocenters. The van der Waals surface area contributed by atoms with Crippen LogP contribution < -0.4 is 4.90 Å². The van der Waals surface area contributed by atoms with E-state index in [1.165, 1.54) is 0 Å². The molecule has 7 heteroatoms. The van der Waals surface area contributed by atoms with Gasteiger partial charge >= 0.3 is 0 Å². The summed E-state index contributed by atoms with van der Waals surface area (Å²) in [6.45, 7) is 4.86. The molecule has 1 saturated heterocycles. The number of benzene rings is 1. The van der Waals surface area contributed by atoms with Crippen LogP contribution >= 0.6 is 0 Å². The standard InChI is InChI=1S/C21H24N6O/c1-2-9-26(17-7-10-28-11-8-17)21-6-5-20-22-14-19(27(20)25-21)15-3-4-16-13-23-24-18(16)12-15/h3-6,12-14,17H,2,7-11H2,1H3,(H,23,24). The van der Waals surface area contributed by atoms with Crippen LogP contribution in [-0.4, -0.2) is 50.6 Å². The Labute approximate surface area is 163 Å². The van der Waals surface area contributed by atoms with E-state index < -0.39 is 0 Å². The molecule has 1 N–H and O–H groups in total. The highest BCUT2D eigenvalue weighted by atomic mass is 16.5. The lowest BCUT2D eigenvalue weighted by atomic mass is 10.1. The lowest BCUT2D eigenvalue weighted by Crippen LogP contribution is -2.40. The highest BCUT2D eigenvalue weighted by Crippen LogP contribution is 2.26. The normalized spacial score (nSPS) is 15.5. The van der Waals surface area contributed by atoms with Crippen molar-refractivity contribution in [1.29, 1.82) is 0 Å². The summed E-state index contributed by atoms with van der Waals surface area (Å²) >= 11 is 0. The third kappa shape index (κ3) is 3.01. The van der Waals surface area contributed by atoms with Crippen LogP contribution in [0.25, 0.3) is 27.8 Å². The van der Waals surface area contributed by atoms with E-state index >= 15 is 0 Å². The molecular formula is C21H24N6O. The molecular weight excluding hydrogens is 352 g/mol. The van der Waals surface area contributed by atoms with Crippen LogP contribution in [0.2, 0.25) is 0 Å². The maximum Gasteiger partial charge on any atom is 0.154 e. The number of anilines is 1. The Bertz CT molecular complexity index is 1090. The van der Waals surface area contributed by atoms with Crippen molar-refractivity contribution < 1.29 is 4.74 Å². The van der Waals surface area contributed by atoms with Crippen molar-refractivity contribution >= 4 is 22.4 Å². The molecule has 1 aliphatic heterocycles. The topological polar surface area (TPSA) is 71.3 Å². The number of nitrogens with one attached hydrogen (secondary N) is 1. The van der Waals surface area contributed by atoms with Crippen molar-refractivity contribution in [1.82, 2.24) is 24.8 Å². The number of aromatic amines is 1. The molecule has 0 radical (unpaired) electrons. The van der Waals surface area contributed by atoms with Crippen molar-refractivity contribution in [3.63, 3.8) is 0 Å². The Hall–Kier alpha value is -2.93. The van der Waals surface area contributed by atoms with E-state index in [2.05, 4.69) is 57.3 Å². The van der Waals surface area contributed by atoms with E-state index in [-0.39, 0.29) is 0 Å². The molecule has 144 valence electrons. The summed E-state index contributed by atoms with van der Waals surface area (Å²) in [5, 5.41) is 13.2. The van der Waals surface area contributed by atoms with Gasteiger partial charge in [0.15, 0.2) is 5.65 Å². The molecule has 0 unspecified atom stereocenters. The van der Waals surface area contributed by atoms with E-state index in [0.29, 0.717) is 6.04 Å². The average Bonchev–Trinajstić information content (AvgIpc) is 3.38. The van der Waals surface area contributed by atoms with E-state index in [4.69, 9.17) is 9.84 Å². The predicted octanol–water partition coefficient (Wildman–Crippen LogP) is 3.67. The van der Waals surface area contributed by atoms with E-state index in [1.807, 2.05) is 16.9 Å². The summed E-state index contributed by atoms with van der Waals surface area (Å²) in [7, 11) is 0. The van der Waals surface area contributed by atoms with Gasteiger partial charge in [-0.3, -0.25) is 5.10 Å². The van der Waals surface area contributed by atoms with Crippen LogP contribution in [0.5, 0.6) is 0 Å². The summed E-state index contributed by atoms with van der Waals surface area (Å²) in [6, 6.07) is 10.9. The van der Waals surface area contributed by atoms with Gasteiger partial charge in [-0.15, -0.1) is 5.10 Å². The van der Waals surface area contributed by atoms with Crippen LogP contribution in [0.15, 0.2) is 42.7 Å². The number of ether oxygens (including phenoxy) is 1. The van der Waals surface area contributed by atoms with Gasteiger partial charge in [0.2, 0.25) is 0 Å². The number of nitrogens with zero attached hydrogens (tertiary/aromatic N) is 5. The Morgan fingerprint density at radius 3 is 2.93 bits per heavy atom. The number of aromatic nitrogens is 5. The molecule has 1 aliphatic rings. The minimum Gasteiger partial charge on any atom is -0.381 e. The van der Waals surface area contributed by atoms with Gasteiger partial charge < -0.3 is 9.64 Å². The summed E-state index contributed by atoms with van der Waals surface area (Å²) in [5.41, 5.74) is 3.92. The molecule has 7 nitrogen and oxygen atoms in total. The fourth-order valence-electron chi connectivity index (χ4n) is 4.03. The van der Waals surface area contributed by atoms with Crippen molar-refractivity contribution in [2.45, 2.75) is 32.2 Å². The van der Waals surface area contributed by atoms with E-state index in [1.54, 1.807) is 0 Å². The summed E-state index contributed by atoms with van der Waals surface area (Å²) in [6.07, 6.45) is 6.91. The van der Waals surface area contributed by atoms with Gasteiger partial charge in [0.1, 0.15) is 5.82 Å². The first-order valence-electron chi connectivity index (χ1n) is 9.96. The number of hydrogen-bond acceptors (Lipinski definition) is 5. The Balaban J connectivity index is 1.56. The van der Waals surface area contributed by atoms with Crippen molar-refractivity contribution in [3.8, 4) is 11.3 Å². The SMILES string of the molecule is CCCN(c1ccc2ncc(-c3ccc4cn[nH]c4c3)n2n1)C1CCOCC1. The highest BCUT2D eigenvalue weighted by molar-refractivity contribution is 5.83. The van der Waals surface area contributed by atoms with Gasteiger partial charge in [0, 0.05) is 36.8 Å². The molecule has 0 aliphatic carbocycles. The molecule has 1 aromatic carbocycles.